The maximum Gasteiger partial charge on any atom is 0.137 e. The van der Waals surface area contributed by atoms with Crippen molar-refractivity contribution < 1.29 is 0 Å². The molecule has 1 N–H and O–H groups in total. The van der Waals surface area contributed by atoms with Gasteiger partial charge in [-0.05, 0) is 38.5 Å². The lowest BCUT2D eigenvalue weighted by molar-refractivity contribution is 0.494. The third-order valence-electron chi connectivity index (χ3n) is 4.43. The van der Waals surface area contributed by atoms with Gasteiger partial charge in [0.25, 0.3) is 0 Å². The van der Waals surface area contributed by atoms with Crippen LogP contribution in [-0.4, -0.2) is 29.6 Å². The van der Waals surface area contributed by atoms with Crippen molar-refractivity contribution in [3.63, 3.8) is 0 Å². The lowest BCUT2D eigenvalue weighted by Crippen LogP contribution is -2.23. The molecule has 0 aromatic carbocycles. The van der Waals surface area contributed by atoms with E-state index in [-0.39, 0.29) is 0 Å². The van der Waals surface area contributed by atoms with E-state index < -0.39 is 0 Å². The van der Waals surface area contributed by atoms with Crippen LogP contribution in [0.5, 0.6) is 0 Å². The van der Waals surface area contributed by atoms with Crippen LogP contribution < -0.4 is 10.2 Å². The van der Waals surface area contributed by atoms with E-state index in [1.54, 1.807) is 6.33 Å². The third kappa shape index (κ3) is 1.93. The van der Waals surface area contributed by atoms with Crippen molar-refractivity contribution in [2.45, 2.75) is 33.1 Å². The van der Waals surface area contributed by atoms with Crippen molar-refractivity contribution in [2.24, 2.45) is 11.8 Å². The van der Waals surface area contributed by atoms with Crippen molar-refractivity contribution in [3.8, 4) is 0 Å². The number of hydrogen-bond donors (Lipinski definition) is 1. The highest BCUT2D eigenvalue weighted by molar-refractivity contribution is 5.58. The summed E-state index contributed by atoms with van der Waals surface area (Å²) in [6.45, 7) is 7.51. The molecule has 2 fully saturated rings. The van der Waals surface area contributed by atoms with Crippen LogP contribution in [-0.2, 0) is 0 Å². The normalized spacial score (nSPS) is 26.4. The van der Waals surface area contributed by atoms with Gasteiger partial charge in [-0.3, -0.25) is 0 Å². The molecule has 0 bridgehead atoms. The SMILES string of the molecule is CCNc1ncnc(N2CC3CCCC3C2)c1C. The number of rotatable bonds is 3. The van der Waals surface area contributed by atoms with Crippen LogP contribution in [0, 0.1) is 18.8 Å². The summed E-state index contributed by atoms with van der Waals surface area (Å²) >= 11 is 0. The number of anilines is 2. The minimum Gasteiger partial charge on any atom is -0.370 e. The summed E-state index contributed by atoms with van der Waals surface area (Å²) in [5, 5.41) is 3.31. The first-order valence-corrected chi connectivity index (χ1v) is 7.10. The predicted molar refractivity (Wildman–Crippen MR) is 74.0 cm³/mol. The van der Waals surface area contributed by atoms with Gasteiger partial charge in [0, 0.05) is 25.2 Å². The Balaban J connectivity index is 1.82. The first-order valence-electron chi connectivity index (χ1n) is 7.10. The van der Waals surface area contributed by atoms with E-state index >= 15 is 0 Å². The Morgan fingerprint density at radius 3 is 2.67 bits per heavy atom. The van der Waals surface area contributed by atoms with Crippen molar-refractivity contribution in [1.29, 1.82) is 0 Å². The average molecular weight is 246 g/mol. The average Bonchev–Trinajstić information content (AvgIpc) is 2.92. The maximum atomic E-state index is 4.51. The standard InChI is InChI=1S/C14H22N4/c1-3-15-13-10(2)14(17-9-16-13)18-7-11-5-4-6-12(11)8-18/h9,11-12H,3-8H2,1-2H3,(H,15,16,17). The summed E-state index contributed by atoms with van der Waals surface area (Å²) in [4.78, 5) is 11.3. The second-order valence-corrected chi connectivity index (χ2v) is 5.56. The number of nitrogens with one attached hydrogen (secondary N) is 1. The molecule has 1 aliphatic heterocycles. The molecule has 1 aromatic rings. The second kappa shape index (κ2) is 4.75. The van der Waals surface area contributed by atoms with Crippen LogP contribution in [0.25, 0.3) is 0 Å². The molecule has 1 saturated heterocycles. The molecule has 2 unspecified atom stereocenters. The molecule has 4 nitrogen and oxygen atoms in total. The van der Waals surface area contributed by atoms with Gasteiger partial charge in [-0.25, -0.2) is 9.97 Å². The van der Waals surface area contributed by atoms with Gasteiger partial charge in [-0.15, -0.1) is 0 Å². The fourth-order valence-corrected chi connectivity index (χ4v) is 3.51. The molecular weight excluding hydrogens is 224 g/mol. The molecule has 0 amide bonds. The number of aromatic nitrogens is 2. The molecule has 2 atom stereocenters. The Hall–Kier alpha value is -1.32. The van der Waals surface area contributed by atoms with E-state index in [9.17, 15) is 0 Å². The fraction of sp³-hybridized carbons (Fsp3) is 0.714. The Kier molecular flexibility index (Phi) is 3.10. The van der Waals surface area contributed by atoms with Crippen molar-refractivity contribution in [1.82, 2.24) is 9.97 Å². The van der Waals surface area contributed by atoms with Crippen LogP contribution in [0.3, 0.4) is 0 Å². The minimum atomic E-state index is 0.905. The summed E-state index contributed by atoms with van der Waals surface area (Å²) < 4.78 is 0. The van der Waals surface area contributed by atoms with Gasteiger partial charge < -0.3 is 10.2 Å². The Labute approximate surface area is 109 Å². The van der Waals surface area contributed by atoms with E-state index in [1.807, 2.05) is 0 Å². The quantitative estimate of drug-likeness (QED) is 0.889. The summed E-state index contributed by atoms with van der Waals surface area (Å²) in [7, 11) is 0. The van der Waals surface area contributed by atoms with Gasteiger partial charge >= 0.3 is 0 Å². The Morgan fingerprint density at radius 2 is 2.00 bits per heavy atom. The third-order valence-corrected chi connectivity index (χ3v) is 4.43. The molecule has 18 heavy (non-hydrogen) atoms. The molecule has 3 rings (SSSR count). The molecule has 98 valence electrons. The maximum absolute atomic E-state index is 4.51. The summed E-state index contributed by atoms with van der Waals surface area (Å²) in [5.41, 5.74) is 1.19. The smallest absolute Gasteiger partial charge is 0.137 e. The van der Waals surface area contributed by atoms with Gasteiger partial charge in [0.15, 0.2) is 0 Å². The first kappa shape index (κ1) is 11.8. The van der Waals surface area contributed by atoms with Crippen molar-refractivity contribution >= 4 is 11.6 Å². The summed E-state index contributed by atoms with van der Waals surface area (Å²) in [6.07, 6.45) is 5.93. The highest BCUT2D eigenvalue weighted by atomic mass is 15.2. The zero-order valence-corrected chi connectivity index (χ0v) is 11.3. The fourth-order valence-electron chi connectivity index (χ4n) is 3.51. The monoisotopic (exact) mass is 246 g/mol. The van der Waals surface area contributed by atoms with Gasteiger partial charge in [0.05, 0.1) is 0 Å². The van der Waals surface area contributed by atoms with Crippen LogP contribution in [0.2, 0.25) is 0 Å². The topological polar surface area (TPSA) is 41.1 Å². The highest BCUT2D eigenvalue weighted by Gasteiger charge is 2.37. The van der Waals surface area contributed by atoms with E-state index in [2.05, 4.69) is 34.0 Å². The zero-order valence-electron chi connectivity index (χ0n) is 11.3. The van der Waals surface area contributed by atoms with Crippen LogP contribution >= 0.6 is 0 Å². The second-order valence-electron chi connectivity index (χ2n) is 5.56. The van der Waals surface area contributed by atoms with Gasteiger partial charge in [0.1, 0.15) is 18.0 Å². The summed E-state index contributed by atoms with van der Waals surface area (Å²) in [6, 6.07) is 0. The molecule has 0 spiro atoms. The Morgan fingerprint density at radius 1 is 1.28 bits per heavy atom. The largest absolute Gasteiger partial charge is 0.370 e. The first-order chi connectivity index (χ1) is 8.79. The number of hydrogen-bond acceptors (Lipinski definition) is 4. The molecule has 1 aliphatic carbocycles. The molecule has 0 radical (unpaired) electrons. The lowest BCUT2D eigenvalue weighted by Gasteiger charge is -2.21. The Bertz CT molecular complexity index is 420. The number of fused-ring (bicyclic) bond motifs is 1. The molecule has 4 heteroatoms. The van der Waals surface area contributed by atoms with Crippen LogP contribution in [0.15, 0.2) is 6.33 Å². The van der Waals surface area contributed by atoms with Crippen LogP contribution in [0.4, 0.5) is 11.6 Å². The van der Waals surface area contributed by atoms with E-state index in [4.69, 9.17) is 0 Å². The molecule has 2 aliphatic rings. The van der Waals surface area contributed by atoms with Gasteiger partial charge in [-0.2, -0.15) is 0 Å². The minimum absolute atomic E-state index is 0.905. The number of nitrogens with zero attached hydrogens (tertiary/aromatic N) is 3. The highest BCUT2D eigenvalue weighted by Crippen LogP contribution is 2.40. The molecular formula is C14H22N4. The van der Waals surface area contributed by atoms with Gasteiger partial charge in [-0.1, -0.05) is 6.42 Å². The van der Waals surface area contributed by atoms with Crippen molar-refractivity contribution in [2.75, 3.05) is 29.9 Å². The molecule has 2 heterocycles. The molecule has 1 aromatic heterocycles. The van der Waals surface area contributed by atoms with E-state index in [0.717, 1.165) is 30.0 Å². The van der Waals surface area contributed by atoms with E-state index in [0.29, 0.717) is 0 Å². The van der Waals surface area contributed by atoms with Crippen LogP contribution in [0.1, 0.15) is 31.7 Å². The summed E-state index contributed by atoms with van der Waals surface area (Å²) in [5.74, 6) is 3.93. The lowest BCUT2D eigenvalue weighted by atomic mass is 10.0. The predicted octanol–water partition coefficient (Wildman–Crippen LogP) is 2.45. The zero-order chi connectivity index (χ0) is 12.5. The van der Waals surface area contributed by atoms with Gasteiger partial charge in [0.2, 0.25) is 0 Å². The van der Waals surface area contributed by atoms with E-state index in [1.165, 1.54) is 37.9 Å². The van der Waals surface area contributed by atoms with Crippen molar-refractivity contribution in [3.05, 3.63) is 11.9 Å². The molecule has 1 saturated carbocycles.